The van der Waals surface area contributed by atoms with E-state index in [1.54, 1.807) is 0 Å². The molecule has 4 heterocycles. The second-order valence-corrected chi connectivity index (χ2v) is 18.2. The predicted octanol–water partition coefficient (Wildman–Crippen LogP) is 15.9. The van der Waals surface area contributed by atoms with Gasteiger partial charge >= 0.3 is 0 Å². The van der Waals surface area contributed by atoms with Gasteiger partial charge in [0, 0.05) is 66.7 Å². The Balaban J connectivity index is 0.988. The molecule has 0 radical (unpaired) electrons. The van der Waals surface area contributed by atoms with Crippen LogP contribution in [0.3, 0.4) is 0 Å². The zero-order valence-corrected chi connectivity index (χ0v) is 36.3. The van der Waals surface area contributed by atoms with Crippen LogP contribution >= 0.6 is 0 Å². The molecule has 0 saturated carbocycles. The summed E-state index contributed by atoms with van der Waals surface area (Å²) in [7, 11) is 0. The lowest BCUT2D eigenvalue weighted by Gasteiger charge is -2.22. The third-order valence-corrected chi connectivity index (χ3v) is 14.1. The molecule has 0 atom stereocenters. The molecule has 66 heavy (non-hydrogen) atoms. The van der Waals surface area contributed by atoms with Gasteiger partial charge < -0.3 is 8.98 Å². The number of furan rings is 1. The molecule has 0 saturated heterocycles. The van der Waals surface area contributed by atoms with Crippen LogP contribution < -0.4 is 0 Å². The number of aromatic nitrogens is 4. The normalized spacial score (nSPS) is 13.1. The average Bonchev–Trinajstić information content (AvgIpc) is 4.07. The Morgan fingerprint density at radius 2 is 1.00 bits per heavy atom. The van der Waals surface area contributed by atoms with Crippen molar-refractivity contribution in [1.29, 1.82) is 0 Å². The zero-order chi connectivity index (χ0) is 43.7. The summed E-state index contributed by atoms with van der Waals surface area (Å²) in [5, 5.41) is 7.01. The first-order valence-corrected chi connectivity index (χ1v) is 22.6. The summed E-state index contributed by atoms with van der Waals surface area (Å²) < 4.78 is 11.3. The fraction of sp³-hybridized carbons (Fsp3) is 0.0492. The van der Waals surface area contributed by atoms with Crippen LogP contribution in [0.25, 0.3) is 122 Å². The van der Waals surface area contributed by atoms with Crippen LogP contribution in [0.4, 0.5) is 0 Å². The topological polar surface area (TPSA) is 48.8 Å². The number of hydrogen-bond acceptors (Lipinski definition) is 3. The number of hydrogen-bond donors (Lipinski definition) is 0. The lowest BCUT2D eigenvalue weighted by atomic mass is 9.82. The lowest BCUT2D eigenvalue weighted by molar-refractivity contribution is 0.661. The second kappa shape index (κ2) is 13.7. The summed E-state index contributed by atoms with van der Waals surface area (Å²) in [5.41, 5.74) is 17.7. The highest BCUT2D eigenvalue weighted by molar-refractivity contribution is 6.18. The predicted molar refractivity (Wildman–Crippen MR) is 272 cm³/mol. The van der Waals surface area contributed by atoms with Crippen molar-refractivity contribution in [2.24, 2.45) is 0 Å². The first kappa shape index (κ1) is 36.9. The summed E-state index contributed by atoms with van der Waals surface area (Å²) in [6.07, 6.45) is 0. The third kappa shape index (κ3) is 5.34. The van der Waals surface area contributed by atoms with E-state index in [1.165, 1.54) is 55.3 Å². The Kier molecular flexibility index (Phi) is 7.68. The van der Waals surface area contributed by atoms with Crippen LogP contribution in [0.5, 0.6) is 0 Å². The minimum absolute atomic E-state index is 0.180. The number of para-hydroxylation sites is 3. The van der Waals surface area contributed by atoms with Crippen molar-refractivity contribution in [2.75, 3.05) is 0 Å². The quantitative estimate of drug-likeness (QED) is 0.173. The minimum Gasteiger partial charge on any atom is -0.456 e. The monoisotopic (exact) mass is 844 g/mol. The van der Waals surface area contributed by atoms with Gasteiger partial charge in [0.05, 0.1) is 27.8 Å². The molecule has 0 spiro atoms. The van der Waals surface area contributed by atoms with Crippen LogP contribution in [0.2, 0.25) is 0 Å². The zero-order valence-electron chi connectivity index (χ0n) is 36.3. The van der Waals surface area contributed by atoms with E-state index in [9.17, 15) is 0 Å². The van der Waals surface area contributed by atoms with Crippen LogP contribution in [0.1, 0.15) is 25.0 Å². The fourth-order valence-electron chi connectivity index (χ4n) is 10.9. The Labute approximate surface area is 380 Å². The number of benzene rings is 9. The Morgan fingerprint density at radius 1 is 0.379 bits per heavy atom. The Bertz CT molecular complexity index is 4060. The first-order chi connectivity index (χ1) is 32.5. The van der Waals surface area contributed by atoms with Gasteiger partial charge in [-0.05, 0) is 94.0 Å². The molecule has 0 aliphatic heterocycles. The van der Waals surface area contributed by atoms with Crippen molar-refractivity contribution >= 4 is 65.6 Å². The fourth-order valence-corrected chi connectivity index (χ4v) is 10.9. The molecule has 5 nitrogen and oxygen atoms in total. The Morgan fingerprint density at radius 3 is 1.82 bits per heavy atom. The standard InChI is InChI=1S/C61H40N4O/c1-61(2)50-28-26-39(30-44(50)45-32-47-42-22-12-14-24-53(42)64(55(47)34-51(45)61)41-20-10-5-11-21-41)40-27-29-54-46(31-40)48-33-49-43-23-13-15-25-57(43)66-58(49)36-56(48)65(54)59-35-52(37-16-6-3-7-17-37)62-60(63-59)38-18-8-4-9-19-38/h3-36H,1-2H3. The smallest absolute Gasteiger partial charge is 0.162 e. The largest absolute Gasteiger partial charge is 0.456 e. The maximum atomic E-state index is 6.54. The van der Waals surface area contributed by atoms with Gasteiger partial charge in [-0.1, -0.05) is 147 Å². The van der Waals surface area contributed by atoms with E-state index in [2.05, 4.69) is 193 Å². The van der Waals surface area contributed by atoms with E-state index in [1.807, 2.05) is 36.4 Å². The molecule has 13 aromatic rings. The van der Waals surface area contributed by atoms with E-state index in [0.29, 0.717) is 5.82 Å². The lowest BCUT2D eigenvalue weighted by Crippen LogP contribution is -2.15. The SMILES string of the molecule is CC1(C)c2ccc(-c3ccc4c(c3)c3cc5c(cc3n4-c3cc(-c4ccccc4)nc(-c4ccccc4)n3)oc3ccccc35)cc2-c2cc3c4ccccc4n(-c4ccccc4)c3cc21. The van der Waals surface area contributed by atoms with Crippen LogP contribution in [-0.2, 0) is 5.41 Å². The maximum absolute atomic E-state index is 6.54. The molecule has 1 aliphatic rings. The highest BCUT2D eigenvalue weighted by Gasteiger charge is 2.37. The molecule has 0 amide bonds. The summed E-state index contributed by atoms with van der Waals surface area (Å²) >= 11 is 0. The number of fused-ring (bicyclic) bond motifs is 12. The van der Waals surface area contributed by atoms with E-state index >= 15 is 0 Å². The molecular weight excluding hydrogens is 805 g/mol. The van der Waals surface area contributed by atoms with Gasteiger partial charge in [0.25, 0.3) is 0 Å². The molecule has 0 bridgehead atoms. The van der Waals surface area contributed by atoms with E-state index in [-0.39, 0.29) is 5.41 Å². The van der Waals surface area contributed by atoms with Crippen molar-refractivity contribution in [2.45, 2.75) is 19.3 Å². The molecule has 0 unspecified atom stereocenters. The molecule has 0 N–H and O–H groups in total. The van der Waals surface area contributed by atoms with Gasteiger partial charge in [0.2, 0.25) is 0 Å². The molecule has 14 rings (SSSR count). The summed E-state index contributed by atoms with van der Waals surface area (Å²) in [5.74, 6) is 1.47. The van der Waals surface area contributed by atoms with Gasteiger partial charge in [0.15, 0.2) is 5.82 Å². The van der Waals surface area contributed by atoms with Crippen molar-refractivity contribution in [3.05, 3.63) is 217 Å². The van der Waals surface area contributed by atoms with Gasteiger partial charge in [0.1, 0.15) is 17.0 Å². The highest BCUT2D eigenvalue weighted by atomic mass is 16.3. The summed E-state index contributed by atoms with van der Waals surface area (Å²) in [6, 6.07) is 74.1. The van der Waals surface area contributed by atoms with E-state index in [0.717, 1.165) is 71.9 Å². The minimum atomic E-state index is -0.180. The molecule has 1 aliphatic carbocycles. The Hall–Kier alpha value is -8.54. The first-order valence-electron chi connectivity index (χ1n) is 22.6. The highest BCUT2D eigenvalue weighted by Crippen LogP contribution is 2.52. The van der Waals surface area contributed by atoms with Gasteiger partial charge in [-0.2, -0.15) is 0 Å². The van der Waals surface area contributed by atoms with Gasteiger partial charge in [-0.3, -0.25) is 4.57 Å². The van der Waals surface area contributed by atoms with Crippen LogP contribution in [0, 0.1) is 0 Å². The molecular formula is C61H40N4O. The van der Waals surface area contributed by atoms with Crippen molar-refractivity contribution in [1.82, 2.24) is 19.1 Å². The molecule has 9 aromatic carbocycles. The number of nitrogens with zero attached hydrogens (tertiary/aromatic N) is 4. The second-order valence-electron chi connectivity index (χ2n) is 18.2. The number of rotatable bonds is 5. The van der Waals surface area contributed by atoms with Crippen molar-refractivity contribution in [3.8, 4) is 56.4 Å². The third-order valence-electron chi connectivity index (χ3n) is 14.1. The summed E-state index contributed by atoms with van der Waals surface area (Å²) in [4.78, 5) is 10.5. The molecule has 4 aromatic heterocycles. The van der Waals surface area contributed by atoms with Crippen molar-refractivity contribution < 1.29 is 4.42 Å². The van der Waals surface area contributed by atoms with Gasteiger partial charge in [-0.15, -0.1) is 0 Å². The van der Waals surface area contributed by atoms with Crippen LogP contribution in [-0.4, -0.2) is 19.1 Å². The van der Waals surface area contributed by atoms with Crippen LogP contribution in [0.15, 0.2) is 211 Å². The van der Waals surface area contributed by atoms with E-state index in [4.69, 9.17) is 14.4 Å². The summed E-state index contributed by atoms with van der Waals surface area (Å²) in [6.45, 7) is 4.75. The van der Waals surface area contributed by atoms with E-state index < -0.39 is 0 Å². The van der Waals surface area contributed by atoms with Gasteiger partial charge in [-0.25, -0.2) is 9.97 Å². The molecule has 0 fully saturated rings. The molecule has 5 heteroatoms. The molecule has 310 valence electrons. The maximum Gasteiger partial charge on any atom is 0.162 e. The van der Waals surface area contributed by atoms with Crippen molar-refractivity contribution in [3.63, 3.8) is 0 Å². The average molecular weight is 845 g/mol.